The van der Waals surface area contributed by atoms with Crippen LogP contribution in [0.5, 0.6) is 0 Å². The number of nitrogens with two attached hydrogens (primary N) is 1. The first kappa shape index (κ1) is 18.0. The second kappa shape index (κ2) is 7.82. The molecule has 0 radical (unpaired) electrons. The summed E-state index contributed by atoms with van der Waals surface area (Å²) >= 11 is 0. The van der Waals surface area contributed by atoms with Crippen LogP contribution >= 0.6 is 0 Å². The van der Waals surface area contributed by atoms with Gasteiger partial charge in [0.25, 0.3) is 0 Å². The second-order valence-corrected chi connectivity index (χ2v) is 5.29. The summed E-state index contributed by atoms with van der Waals surface area (Å²) in [6, 6.07) is 3.26. The molecule has 0 saturated heterocycles. The zero-order valence-corrected chi connectivity index (χ0v) is 13.4. The van der Waals surface area contributed by atoms with Gasteiger partial charge in [0.1, 0.15) is 11.6 Å². The summed E-state index contributed by atoms with van der Waals surface area (Å²) in [7, 11) is 0. The molecule has 0 fully saturated rings. The summed E-state index contributed by atoms with van der Waals surface area (Å²) < 4.78 is 27.1. The highest BCUT2D eigenvalue weighted by Crippen LogP contribution is 2.37. The Balaban J connectivity index is 3.36. The lowest BCUT2D eigenvalue weighted by Crippen LogP contribution is -2.57. The molecular formula is C16H27F2N3. The fourth-order valence-corrected chi connectivity index (χ4v) is 3.44. The molecule has 3 nitrogen and oxygen atoms in total. The molecule has 1 aromatic carbocycles. The fourth-order valence-electron chi connectivity index (χ4n) is 3.44. The molecule has 3 N–H and O–H groups in total. The van der Waals surface area contributed by atoms with Crippen molar-refractivity contribution in [2.75, 3.05) is 13.1 Å². The van der Waals surface area contributed by atoms with Crippen molar-refractivity contribution in [1.82, 2.24) is 10.3 Å². The maximum absolute atomic E-state index is 13.6. The normalized spacial score (nSPS) is 13.7. The van der Waals surface area contributed by atoms with Crippen LogP contribution in [0, 0.1) is 11.6 Å². The van der Waals surface area contributed by atoms with E-state index in [4.69, 9.17) is 5.84 Å². The van der Waals surface area contributed by atoms with Crippen molar-refractivity contribution in [3.63, 3.8) is 0 Å². The van der Waals surface area contributed by atoms with Crippen molar-refractivity contribution >= 4 is 0 Å². The summed E-state index contributed by atoms with van der Waals surface area (Å²) in [5, 5.41) is 0. The van der Waals surface area contributed by atoms with Crippen molar-refractivity contribution in [2.45, 2.75) is 52.1 Å². The predicted molar refractivity (Wildman–Crippen MR) is 82.7 cm³/mol. The fraction of sp³-hybridized carbons (Fsp3) is 0.625. The van der Waals surface area contributed by atoms with Crippen molar-refractivity contribution in [1.29, 1.82) is 0 Å². The van der Waals surface area contributed by atoms with E-state index in [-0.39, 0.29) is 11.6 Å². The molecular weight excluding hydrogens is 272 g/mol. The van der Waals surface area contributed by atoms with Crippen LogP contribution in [0.15, 0.2) is 18.2 Å². The maximum atomic E-state index is 13.6. The van der Waals surface area contributed by atoms with E-state index in [9.17, 15) is 8.78 Å². The van der Waals surface area contributed by atoms with E-state index in [1.165, 1.54) is 12.1 Å². The number of halogens is 2. The van der Waals surface area contributed by atoms with Crippen LogP contribution < -0.4 is 11.3 Å². The maximum Gasteiger partial charge on any atom is 0.126 e. The summed E-state index contributed by atoms with van der Waals surface area (Å²) in [6.45, 7) is 10.1. The summed E-state index contributed by atoms with van der Waals surface area (Å²) in [5.41, 5.74) is 3.06. The van der Waals surface area contributed by atoms with Crippen LogP contribution in [-0.4, -0.2) is 23.5 Å². The quantitative estimate of drug-likeness (QED) is 0.571. The van der Waals surface area contributed by atoms with E-state index < -0.39 is 11.6 Å². The standard InChI is InChI=1S/C16H27F2N3/c1-5-16(6-2,21(7-3)8-4)15(20-19)12-9-13(17)11-14(18)10-12/h9-11,15,20H,5-8,19H2,1-4H3. The van der Waals surface area contributed by atoms with Gasteiger partial charge in [-0.05, 0) is 43.6 Å². The van der Waals surface area contributed by atoms with Gasteiger partial charge in [-0.2, -0.15) is 0 Å². The van der Waals surface area contributed by atoms with Crippen LogP contribution in [0.1, 0.15) is 52.1 Å². The van der Waals surface area contributed by atoms with Gasteiger partial charge in [0.15, 0.2) is 0 Å². The Labute approximate surface area is 126 Å². The van der Waals surface area contributed by atoms with Crippen molar-refractivity contribution in [3.05, 3.63) is 35.4 Å². The molecule has 0 aliphatic carbocycles. The average Bonchev–Trinajstić information content (AvgIpc) is 2.46. The molecule has 0 aliphatic heterocycles. The molecule has 1 unspecified atom stereocenters. The number of hydrazine groups is 1. The molecule has 0 aromatic heterocycles. The third-order valence-electron chi connectivity index (χ3n) is 4.54. The van der Waals surface area contributed by atoms with E-state index in [2.05, 4.69) is 38.0 Å². The lowest BCUT2D eigenvalue weighted by atomic mass is 9.79. The number of nitrogens with one attached hydrogen (secondary N) is 1. The first-order valence-electron chi connectivity index (χ1n) is 7.66. The SMILES string of the molecule is CCN(CC)C(CC)(CC)C(NN)c1cc(F)cc(F)c1. The number of hydrogen-bond donors (Lipinski definition) is 2. The topological polar surface area (TPSA) is 41.3 Å². The third-order valence-corrected chi connectivity index (χ3v) is 4.54. The second-order valence-electron chi connectivity index (χ2n) is 5.29. The molecule has 0 heterocycles. The number of rotatable bonds is 8. The molecule has 0 saturated carbocycles. The Bertz CT molecular complexity index is 423. The van der Waals surface area contributed by atoms with Gasteiger partial charge in [0.2, 0.25) is 0 Å². The minimum absolute atomic E-state index is 0.279. The van der Waals surface area contributed by atoms with Crippen LogP contribution in [0.3, 0.4) is 0 Å². The molecule has 0 aliphatic rings. The summed E-state index contributed by atoms with van der Waals surface area (Å²) in [6.07, 6.45) is 1.66. The molecule has 0 bridgehead atoms. The Kier molecular flexibility index (Phi) is 6.71. The Morgan fingerprint density at radius 1 is 1.05 bits per heavy atom. The number of benzene rings is 1. The van der Waals surface area contributed by atoms with Gasteiger partial charge in [-0.25, -0.2) is 8.78 Å². The van der Waals surface area contributed by atoms with E-state index >= 15 is 0 Å². The van der Waals surface area contributed by atoms with E-state index in [0.29, 0.717) is 5.56 Å². The highest BCUT2D eigenvalue weighted by molar-refractivity contribution is 5.25. The first-order valence-corrected chi connectivity index (χ1v) is 7.66. The Hall–Kier alpha value is -1.04. The Morgan fingerprint density at radius 2 is 1.52 bits per heavy atom. The van der Waals surface area contributed by atoms with Crippen LogP contribution in [-0.2, 0) is 0 Å². The number of hydrogen-bond acceptors (Lipinski definition) is 3. The van der Waals surface area contributed by atoms with Gasteiger partial charge in [-0.3, -0.25) is 16.2 Å². The van der Waals surface area contributed by atoms with Gasteiger partial charge in [0, 0.05) is 11.6 Å². The van der Waals surface area contributed by atoms with Gasteiger partial charge >= 0.3 is 0 Å². The third kappa shape index (κ3) is 3.59. The molecule has 1 atom stereocenters. The van der Waals surface area contributed by atoms with Crippen molar-refractivity contribution in [3.8, 4) is 0 Å². The van der Waals surface area contributed by atoms with Crippen molar-refractivity contribution < 1.29 is 8.78 Å². The summed E-state index contributed by atoms with van der Waals surface area (Å²) in [4.78, 5) is 2.31. The van der Waals surface area contributed by atoms with Crippen LogP contribution in [0.2, 0.25) is 0 Å². The van der Waals surface area contributed by atoms with Gasteiger partial charge in [-0.1, -0.05) is 27.7 Å². The predicted octanol–water partition coefficient (Wildman–Crippen LogP) is 3.37. The molecule has 5 heteroatoms. The van der Waals surface area contributed by atoms with Gasteiger partial charge in [0.05, 0.1) is 6.04 Å². The number of likely N-dealkylation sites (N-methyl/N-ethyl adjacent to an activating group) is 1. The first-order chi connectivity index (χ1) is 9.98. The van der Waals surface area contributed by atoms with E-state index in [0.717, 1.165) is 32.0 Å². The smallest absolute Gasteiger partial charge is 0.126 e. The largest absolute Gasteiger partial charge is 0.296 e. The van der Waals surface area contributed by atoms with Crippen molar-refractivity contribution in [2.24, 2.45) is 5.84 Å². The lowest BCUT2D eigenvalue weighted by Gasteiger charge is -2.47. The molecule has 0 spiro atoms. The average molecular weight is 299 g/mol. The zero-order chi connectivity index (χ0) is 16.0. The molecule has 120 valence electrons. The molecule has 0 amide bonds. The molecule has 1 aromatic rings. The van der Waals surface area contributed by atoms with Crippen LogP contribution in [0.25, 0.3) is 0 Å². The number of nitrogens with zero attached hydrogens (tertiary/aromatic N) is 1. The highest BCUT2D eigenvalue weighted by atomic mass is 19.1. The minimum Gasteiger partial charge on any atom is -0.296 e. The monoisotopic (exact) mass is 299 g/mol. The zero-order valence-electron chi connectivity index (χ0n) is 13.4. The molecule has 1 rings (SSSR count). The lowest BCUT2D eigenvalue weighted by molar-refractivity contribution is 0.0485. The van der Waals surface area contributed by atoms with E-state index in [1.54, 1.807) is 0 Å². The van der Waals surface area contributed by atoms with Gasteiger partial charge < -0.3 is 0 Å². The Morgan fingerprint density at radius 3 is 1.86 bits per heavy atom. The van der Waals surface area contributed by atoms with Gasteiger partial charge in [-0.15, -0.1) is 0 Å². The van der Waals surface area contributed by atoms with Crippen LogP contribution in [0.4, 0.5) is 8.78 Å². The highest BCUT2D eigenvalue weighted by Gasteiger charge is 2.40. The summed E-state index contributed by atoms with van der Waals surface area (Å²) in [5.74, 6) is 4.61. The molecule has 21 heavy (non-hydrogen) atoms. The van der Waals surface area contributed by atoms with E-state index in [1.807, 2.05) is 0 Å². The minimum atomic E-state index is -0.578.